The molecule has 0 aliphatic heterocycles. The number of aliphatic hydroxyl groups excluding tert-OH is 3. The second kappa shape index (κ2) is 13.3. The fourth-order valence-electron chi connectivity index (χ4n) is 1.39. The first-order valence-corrected chi connectivity index (χ1v) is 6.91. The maximum atomic E-state index is 8.50. The lowest BCUT2D eigenvalue weighted by Crippen LogP contribution is -2.08. The van der Waals surface area contributed by atoms with Crippen LogP contribution >= 0.6 is 0 Å². The van der Waals surface area contributed by atoms with Gasteiger partial charge in [-0.1, -0.05) is 33.6 Å². The number of unbranched alkanes of at least 4 members (excludes halogenated alkanes) is 3. The molecule has 112 valence electrons. The minimum atomic E-state index is -1.12. The molecule has 0 saturated carbocycles. The van der Waals surface area contributed by atoms with Crippen LogP contribution in [0.5, 0.6) is 0 Å². The Labute approximate surface area is 112 Å². The first-order chi connectivity index (χ1) is 8.33. The van der Waals surface area contributed by atoms with E-state index in [-0.39, 0.29) is 13.2 Å². The Balaban J connectivity index is 0. The summed E-state index contributed by atoms with van der Waals surface area (Å²) in [5.74, 6) is 0. The van der Waals surface area contributed by atoms with Gasteiger partial charge in [0.05, 0.1) is 0 Å². The van der Waals surface area contributed by atoms with Gasteiger partial charge in [-0.2, -0.15) is 0 Å². The summed E-state index contributed by atoms with van der Waals surface area (Å²) in [7, 11) is 0. The predicted octanol–water partition coefficient (Wildman–Crippen LogP) is 2.04. The molecule has 0 aromatic rings. The SMILES string of the molecule is CC(C)(C)CCCC(O)O.OCCCCCCO. The highest BCUT2D eigenvalue weighted by atomic mass is 16.5. The number of rotatable bonds is 8. The summed E-state index contributed by atoms with van der Waals surface area (Å²) >= 11 is 0. The summed E-state index contributed by atoms with van der Waals surface area (Å²) in [6.07, 6.45) is 5.14. The number of hydrogen-bond acceptors (Lipinski definition) is 4. The molecular formula is C14H32O4. The fourth-order valence-corrected chi connectivity index (χ4v) is 1.39. The third kappa shape index (κ3) is 24.9. The van der Waals surface area contributed by atoms with E-state index in [0.29, 0.717) is 11.8 Å². The molecule has 4 nitrogen and oxygen atoms in total. The van der Waals surface area contributed by atoms with Crippen LogP contribution < -0.4 is 0 Å². The Bertz CT molecular complexity index is 146. The summed E-state index contributed by atoms with van der Waals surface area (Å²) in [6, 6.07) is 0. The van der Waals surface area contributed by atoms with E-state index in [9.17, 15) is 0 Å². The molecule has 4 N–H and O–H groups in total. The van der Waals surface area contributed by atoms with Crippen LogP contribution in [0, 0.1) is 5.41 Å². The number of aliphatic hydroxyl groups is 4. The molecule has 0 amide bonds. The van der Waals surface area contributed by atoms with Crippen molar-refractivity contribution in [1.82, 2.24) is 0 Å². The van der Waals surface area contributed by atoms with Crippen LogP contribution in [0.2, 0.25) is 0 Å². The highest BCUT2D eigenvalue weighted by Crippen LogP contribution is 2.21. The van der Waals surface area contributed by atoms with E-state index in [2.05, 4.69) is 20.8 Å². The van der Waals surface area contributed by atoms with Gasteiger partial charge in [0.2, 0.25) is 0 Å². The molecule has 4 heteroatoms. The van der Waals surface area contributed by atoms with Crippen LogP contribution in [0.3, 0.4) is 0 Å². The first-order valence-electron chi connectivity index (χ1n) is 6.91. The van der Waals surface area contributed by atoms with Crippen molar-refractivity contribution in [2.75, 3.05) is 13.2 Å². The molecule has 0 aliphatic rings. The zero-order valence-corrected chi connectivity index (χ0v) is 12.2. The Morgan fingerprint density at radius 2 is 1.22 bits per heavy atom. The average molecular weight is 264 g/mol. The fraction of sp³-hybridized carbons (Fsp3) is 1.00. The molecule has 0 unspecified atom stereocenters. The van der Waals surface area contributed by atoms with Gasteiger partial charge in [-0.15, -0.1) is 0 Å². The van der Waals surface area contributed by atoms with Gasteiger partial charge in [0, 0.05) is 13.2 Å². The van der Waals surface area contributed by atoms with Crippen LogP contribution in [-0.2, 0) is 0 Å². The highest BCUT2D eigenvalue weighted by Gasteiger charge is 2.09. The Morgan fingerprint density at radius 1 is 0.778 bits per heavy atom. The molecule has 0 rings (SSSR count). The Morgan fingerprint density at radius 3 is 1.50 bits per heavy atom. The largest absolute Gasteiger partial charge is 0.396 e. The average Bonchev–Trinajstić information content (AvgIpc) is 2.23. The molecular weight excluding hydrogens is 232 g/mol. The molecule has 0 bridgehead atoms. The molecule has 18 heavy (non-hydrogen) atoms. The van der Waals surface area contributed by atoms with Gasteiger partial charge >= 0.3 is 0 Å². The first kappa shape index (κ1) is 20.2. The van der Waals surface area contributed by atoms with E-state index in [1.807, 2.05) is 0 Å². The molecule has 0 atom stereocenters. The van der Waals surface area contributed by atoms with Crippen molar-refractivity contribution >= 4 is 0 Å². The maximum absolute atomic E-state index is 8.50. The van der Waals surface area contributed by atoms with Crippen LogP contribution in [0.4, 0.5) is 0 Å². The summed E-state index contributed by atoms with van der Waals surface area (Å²) in [6.45, 7) is 7.02. The second-order valence-corrected chi connectivity index (χ2v) is 5.79. The predicted molar refractivity (Wildman–Crippen MR) is 74.2 cm³/mol. The Hall–Kier alpha value is -0.160. The van der Waals surface area contributed by atoms with E-state index in [0.717, 1.165) is 38.5 Å². The van der Waals surface area contributed by atoms with Crippen molar-refractivity contribution < 1.29 is 20.4 Å². The third-order valence-electron chi connectivity index (χ3n) is 2.46. The molecule has 0 heterocycles. The third-order valence-corrected chi connectivity index (χ3v) is 2.46. The summed E-state index contributed by atoms with van der Waals surface area (Å²) in [4.78, 5) is 0. The lowest BCUT2D eigenvalue weighted by Gasteiger charge is -2.17. The topological polar surface area (TPSA) is 80.9 Å². The zero-order chi connectivity index (χ0) is 14.4. The van der Waals surface area contributed by atoms with Crippen molar-refractivity contribution in [3.63, 3.8) is 0 Å². The molecule has 0 fully saturated rings. The van der Waals surface area contributed by atoms with Crippen molar-refractivity contribution in [3.05, 3.63) is 0 Å². The molecule has 0 aromatic carbocycles. The lowest BCUT2D eigenvalue weighted by molar-refractivity contribution is -0.0476. The molecule has 0 aromatic heterocycles. The quantitative estimate of drug-likeness (QED) is 0.399. The number of hydrogen-bond donors (Lipinski definition) is 4. The van der Waals surface area contributed by atoms with Gasteiger partial charge in [-0.05, 0) is 37.5 Å². The smallest absolute Gasteiger partial charge is 0.151 e. The zero-order valence-electron chi connectivity index (χ0n) is 12.2. The van der Waals surface area contributed by atoms with E-state index in [1.54, 1.807) is 0 Å². The Kier molecular flexibility index (Phi) is 14.9. The standard InChI is InChI=1S/C8H18O2.C6H14O2/c1-8(2,3)6-4-5-7(9)10;7-5-3-1-2-4-6-8/h7,9-10H,4-6H2,1-3H3;7-8H,1-6H2. The molecule has 0 spiro atoms. The van der Waals surface area contributed by atoms with E-state index >= 15 is 0 Å². The van der Waals surface area contributed by atoms with Gasteiger partial charge in [0.1, 0.15) is 0 Å². The van der Waals surface area contributed by atoms with Crippen LogP contribution in [0.15, 0.2) is 0 Å². The lowest BCUT2D eigenvalue weighted by atomic mass is 9.90. The van der Waals surface area contributed by atoms with Gasteiger partial charge in [0.15, 0.2) is 6.29 Å². The van der Waals surface area contributed by atoms with Crippen LogP contribution in [0.25, 0.3) is 0 Å². The summed E-state index contributed by atoms with van der Waals surface area (Å²) in [5, 5.41) is 33.6. The van der Waals surface area contributed by atoms with E-state index in [4.69, 9.17) is 20.4 Å². The summed E-state index contributed by atoms with van der Waals surface area (Å²) < 4.78 is 0. The van der Waals surface area contributed by atoms with E-state index in [1.165, 1.54) is 0 Å². The maximum Gasteiger partial charge on any atom is 0.151 e. The normalized spacial score (nSPS) is 11.3. The van der Waals surface area contributed by atoms with Gasteiger partial charge in [-0.3, -0.25) is 0 Å². The highest BCUT2D eigenvalue weighted by molar-refractivity contribution is 4.60. The van der Waals surface area contributed by atoms with Crippen LogP contribution in [0.1, 0.15) is 65.7 Å². The molecule has 0 radical (unpaired) electrons. The molecule has 0 saturated heterocycles. The van der Waals surface area contributed by atoms with Gasteiger partial charge in [0.25, 0.3) is 0 Å². The van der Waals surface area contributed by atoms with Gasteiger partial charge < -0.3 is 20.4 Å². The van der Waals surface area contributed by atoms with Crippen molar-refractivity contribution in [3.8, 4) is 0 Å². The van der Waals surface area contributed by atoms with Crippen LogP contribution in [-0.4, -0.2) is 39.9 Å². The summed E-state index contributed by atoms with van der Waals surface area (Å²) in [5.41, 5.74) is 0.314. The second-order valence-electron chi connectivity index (χ2n) is 5.79. The van der Waals surface area contributed by atoms with Crippen molar-refractivity contribution in [2.24, 2.45) is 5.41 Å². The monoisotopic (exact) mass is 264 g/mol. The van der Waals surface area contributed by atoms with Gasteiger partial charge in [-0.25, -0.2) is 0 Å². The van der Waals surface area contributed by atoms with Crippen molar-refractivity contribution in [2.45, 2.75) is 72.0 Å². The van der Waals surface area contributed by atoms with Crippen molar-refractivity contribution in [1.29, 1.82) is 0 Å². The molecule has 0 aliphatic carbocycles. The minimum Gasteiger partial charge on any atom is -0.396 e. The minimum absolute atomic E-state index is 0.283. The van der Waals surface area contributed by atoms with E-state index < -0.39 is 6.29 Å².